The van der Waals surface area contributed by atoms with Crippen molar-refractivity contribution in [3.8, 4) is 11.3 Å². The van der Waals surface area contributed by atoms with Gasteiger partial charge in [-0.2, -0.15) is 4.98 Å². The van der Waals surface area contributed by atoms with Crippen LogP contribution in [0.4, 0.5) is 11.8 Å². The third-order valence-electron chi connectivity index (χ3n) is 5.33. The molecule has 1 atom stereocenters. The average Bonchev–Trinajstić information content (AvgIpc) is 2.79. The molecule has 4 rings (SSSR count). The summed E-state index contributed by atoms with van der Waals surface area (Å²) in [7, 11) is 0. The summed E-state index contributed by atoms with van der Waals surface area (Å²) in [5.41, 5.74) is 3.04. The third kappa shape index (κ3) is 4.30. The van der Waals surface area contributed by atoms with Crippen LogP contribution in [0.2, 0.25) is 0 Å². The average molecular weight is 374 g/mol. The summed E-state index contributed by atoms with van der Waals surface area (Å²) in [6.45, 7) is 3.93. The smallest absolute Gasteiger partial charge is 0.225 e. The Morgan fingerprint density at radius 1 is 1.04 bits per heavy atom. The predicted octanol–water partition coefficient (Wildman–Crippen LogP) is 4.92. The van der Waals surface area contributed by atoms with Crippen LogP contribution in [0.25, 0.3) is 11.3 Å². The second-order valence-electron chi connectivity index (χ2n) is 7.23. The van der Waals surface area contributed by atoms with Crippen molar-refractivity contribution in [2.75, 3.05) is 16.8 Å². The summed E-state index contributed by atoms with van der Waals surface area (Å²) in [6.07, 6.45) is 6.71. The molecule has 0 saturated carbocycles. The minimum Gasteiger partial charge on any atom is -0.353 e. The summed E-state index contributed by atoms with van der Waals surface area (Å²) >= 11 is 0. The Labute approximate surface area is 166 Å². The summed E-state index contributed by atoms with van der Waals surface area (Å²) in [6, 6.07) is 18.9. The van der Waals surface area contributed by atoms with Gasteiger partial charge in [-0.25, -0.2) is 4.98 Å². The van der Waals surface area contributed by atoms with Crippen LogP contribution in [0.3, 0.4) is 0 Å². The van der Waals surface area contributed by atoms with Gasteiger partial charge in [-0.3, -0.25) is 4.98 Å². The molecule has 0 aliphatic carbocycles. The zero-order chi connectivity index (χ0) is 19.2. The van der Waals surface area contributed by atoms with Crippen molar-refractivity contribution >= 4 is 11.8 Å². The van der Waals surface area contributed by atoms with Crippen LogP contribution in [-0.2, 0) is 6.54 Å². The molecule has 0 amide bonds. The molecule has 0 spiro atoms. The second kappa shape index (κ2) is 8.83. The second-order valence-corrected chi connectivity index (χ2v) is 7.23. The molecular weight excluding hydrogens is 346 g/mol. The van der Waals surface area contributed by atoms with E-state index in [9.17, 15) is 0 Å². The SMILES string of the molecule is CCC1CCCCN1c1cc(-c2ccccc2)nc(NCc2ccccn2)n1. The topological polar surface area (TPSA) is 53.9 Å². The molecular formula is C23H27N5. The predicted molar refractivity (Wildman–Crippen MR) is 114 cm³/mol. The van der Waals surface area contributed by atoms with Crippen LogP contribution in [-0.4, -0.2) is 27.5 Å². The van der Waals surface area contributed by atoms with Gasteiger partial charge in [0.1, 0.15) is 5.82 Å². The highest BCUT2D eigenvalue weighted by atomic mass is 15.2. The Hall–Kier alpha value is -2.95. The van der Waals surface area contributed by atoms with Gasteiger partial charge in [0.15, 0.2) is 0 Å². The molecule has 5 heteroatoms. The first-order valence-corrected chi connectivity index (χ1v) is 10.2. The van der Waals surface area contributed by atoms with Gasteiger partial charge >= 0.3 is 0 Å². The van der Waals surface area contributed by atoms with Crippen molar-refractivity contribution < 1.29 is 0 Å². The molecule has 5 nitrogen and oxygen atoms in total. The largest absolute Gasteiger partial charge is 0.353 e. The number of anilines is 2. The van der Waals surface area contributed by atoms with E-state index in [0.29, 0.717) is 18.5 Å². The van der Waals surface area contributed by atoms with Gasteiger partial charge in [-0.05, 0) is 37.8 Å². The van der Waals surface area contributed by atoms with Gasteiger partial charge in [0.05, 0.1) is 17.9 Å². The molecule has 144 valence electrons. The summed E-state index contributed by atoms with van der Waals surface area (Å²) in [4.78, 5) is 16.5. The molecule has 1 unspecified atom stereocenters. The zero-order valence-corrected chi connectivity index (χ0v) is 16.4. The van der Waals surface area contributed by atoms with Crippen molar-refractivity contribution in [1.82, 2.24) is 15.0 Å². The Kier molecular flexibility index (Phi) is 5.80. The minimum atomic E-state index is 0.552. The Bertz CT molecular complexity index is 882. The Balaban J connectivity index is 1.66. The summed E-state index contributed by atoms with van der Waals surface area (Å²) in [5.74, 6) is 1.67. The van der Waals surface area contributed by atoms with Crippen LogP contribution in [0.5, 0.6) is 0 Å². The number of piperidine rings is 1. The first-order chi connectivity index (χ1) is 13.8. The maximum absolute atomic E-state index is 4.87. The lowest BCUT2D eigenvalue weighted by molar-refractivity contribution is 0.447. The number of pyridine rings is 1. The van der Waals surface area contributed by atoms with Gasteiger partial charge in [0, 0.05) is 30.4 Å². The first-order valence-electron chi connectivity index (χ1n) is 10.2. The van der Waals surface area contributed by atoms with E-state index in [2.05, 4.69) is 40.3 Å². The Morgan fingerprint density at radius 3 is 2.68 bits per heavy atom. The molecule has 1 aliphatic heterocycles. The van der Waals surface area contributed by atoms with E-state index in [1.165, 1.54) is 19.3 Å². The lowest BCUT2D eigenvalue weighted by Crippen LogP contribution is -2.39. The van der Waals surface area contributed by atoms with E-state index < -0.39 is 0 Å². The van der Waals surface area contributed by atoms with Crippen LogP contribution < -0.4 is 10.2 Å². The molecule has 0 bridgehead atoms. The van der Waals surface area contributed by atoms with Gasteiger partial charge in [-0.15, -0.1) is 0 Å². The van der Waals surface area contributed by atoms with Crippen molar-refractivity contribution in [2.45, 2.75) is 45.2 Å². The van der Waals surface area contributed by atoms with E-state index in [0.717, 1.165) is 35.7 Å². The normalized spacial score (nSPS) is 16.8. The van der Waals surface area contributed by atoms with E-state index in [-0.39, 0.29) is 0 Å². The first kappa shape index (κ1) is 18.4. The molecule has 3 heterocycles. The van der Waals surface area contributed by atoms with Crippen LogP contribution >= 0.6 is 0 Å². The standard InChI is InChI=1S/C23H27N5/c1-2-20-13-7-9-15-28(20)22-16-21(18-10-4-3-5-11-18)26-23(27-22)25-17-19-12-6-8-14-24-19/h3-6,8,10-12,14,16,20H,2,7,9,13,15,17H2,1H3,(H,25,26,27). The van der Waals surface area contributed by atoms with E-state index in [1.54, 1.807) is 0 Å². The lowest BCUT2D eigenvalue weighted by Gasteiger charge is -2.36. The molecule has 1 fully saturated rings. The van der Waals surface area contributed by atoms with Crippen molar-refractivity contribution in [2.24, 2.45) is 0 Å². The quantitative estimate of drug-likeness (QED) is 0.665. The lowest BCUT2D eigenvalue weighted by atomic mass is 10.00. The van der Waals surface area contributed by atoms with E-state index in [1.807, 2.05) is 42.6 Å². The fraction of sp³-hybridized carbons (Fsp3) is 0.348. The zero-order valence-electron chi connectivity index (χ0n) is 16.4. The summed E-state index contributed by atoms with van der Waals surface area (Å²) < 4.78 is 0. The number of hydrogen-bond acceptors (Lipinski definition) is 5. The highest BCUT2D eigenvalue weighted by Gasteiger charge is 2.23. The molecule has 2 aromatic heterocycles. The van der Waals surface area contributed by atoms with E-state index >= 15 is 0 Å². The number of rotatable bonds is 6. The van der Waals surface area contributed by atoms with Crippen molar-refractivity contribution in [3.63, 3.8) is 0 Å². The molecule has 28 heavy (non-hydrogen) atoms. The van der Waals surface area contributed by atoms with Gasteiger partial charge in [0.25, 0.3) is 0 Å². The van der Waals surface area contributed by atoms with E-state index in [4.69, 9.17) is 9.97 Å². The molecule has 1 aliphatic rings. The number of benzene rings is 1. The number of nitrogens with zero attached hydrogens (tertiary/aromatic N) is 4. The number of hydrogen-bond donors (Lipinski definition) is 1. The molecule has 1 saturated heterocycles. The van der Waals surface area contributed by atoms with Gasteiger partial charge < -0.3 is 10.2 Å². The van der Waals surface area contributed by atoms with Gasteiger partial charge in [-0.1, -0.05) is 43.3 Å². The highest BCUT2D eigenvalue weighted by molar-refractivity contribution is 5.65. The van der Waals surface area contributed by atoms with Crippen LogP contribution in [0.1, 0.15) is 38.3 Å². The van der Waals surface area contributed by atoms with Crippen LogP contribution in [0.15, 0.2) is 60.8 Å². The number of nitrogens with one attached hydrogen (secondary N) is 1. The highest BCUT2D eigenvalue weighted by Crippen LogP contribution is 2.29. The monoisotopic (exact) mass is 373 g/mol. The maximum atomic E-state index is 4.87. The Morgan fingerprint density at radius 2 is 1.89 bits per heavy atom. The summed E-state index contributed by atoms with van der Waals surface area (Å²) in [5, 5.41) is 3.37. The van der Waals surface area contributed by atoms with Gasteiger partial charge in [0.2, 0.25) is 5.95 Å². The van der Waals surface area contributed by atoms with Crippen molar-refractivity contribution in [1.29, 1.82) is 0 Å². The number of aromatic nitrogens is 3. The molecule has 0 radical (unpaired) electrons. The fourth-order valence-corrected chi connectivity index (χ4v) is 3.82. The fourth-order valence-electron chi connectivity index (χ4n) is 3.82. The van der Waals surface area contributed by atoms with Crippen molar-refractivity contribution in [3.05, 3.63) is 66.5 Å². The molecule has 1 aromatic carbocycles. The van der Waals surface area contributed by atoms with Crippen LogP contribution in [0, 0.1) is 0 Å². The maximum Gasteiger partial charge on any atom is 0.225 e. The molecule has 1 N–H and O–H groups in total. The third-order valence-corrected chi connectivity index (χ3v) is 5.33. The minimum absolute atomic E-state index is 0.552. The molecule has 3 aromatic rings.